The van der Waals surface area contributed by atoms with E-state index in [1.807, 2.05) is 12.3 Å². The Bertz CT molecular complexity index is 725. The maximum atomic E-state index is 12.7. The molecule has 0 spiro atoms. The van der Waals surface area contributed by atoms with Crippen molar-refractivity contribution in [3.8, 4) is 0 Å². The van der Waals surface area contributed by atoms with E-state index in [1.54, 1.807) is 0 Å². The highest BCUT2D eigenvalue weighted by Crippen LogP contribution is 2.32. The van der Waals surface area contributed by atoms with E-state index in [1.165, 1.54) is 5.56 Å². The first-order chi connectivity index (χ1) is 14.1. The van der Waals surface area contributed by atoms with E-state index in [9.17, 15) is 9.59 Å². The van der Waals surface area contributed by atoms with Crippen molar-refractivity contribution in [2.75, 3.05) is 32.7 Å². The smallest absolute Gasteiger partial charge is 0.225 e. The molecule has 1 aromatic heterocycles. The molecular weight excluding hydrogens is 364 g/mol. The van der Waals surface area contributed by atoms with Crippen LogP contribution in [0.5, 0.6) is 0 Å². The summed E-state index contributed by atoms with van der Waals surface area (Å²) >= 11 is 0. The maximum Gasteiger partial charge on any atom is 0.225 e. The second-order valence-electron chi connectivity index (χ2n) is 8.97. The van der Waals surface area contributed by atoms with Gasteiger partial charge in [-0.1, -0.05) is 6.07 Å². The topological polar surface area (TPSA) is 65.5 Å². The Balaban J connectivity index is 1.21. The molecule has 1 N–H and O–H groups in total. The molecule has 2 aliphatic heterocycles. The molecule has 1 aromatic rings. The van der Waals surface area contributed by atoms with Gasteiger partial charge in [0.1, 0.15) is 0 Å². The zero-order valence-corrected chi connectivity index (χ0v) is 17.6. The average molecular weight is 399 g/mol. The van der Waals surface area contributed by atoms with Crippen LogP contribution in [0, 0.1) is 18.8 Å². The second kappa shape index (κ2) is 9.24. The Morgan fingerprint density at radius 3 is 2.62 bits per heavy atom. The number of pyridine rings is 1. The third-order valence-corrected chi connectivity index (χ3v) is 6.82. The van der Waals surface area contributed by atoms with Crippen molar-refractivity contribution in [3.63, 3.8) is 0 Å². The number of carbonyl (C=O) groups excluding carboxylic acids is 2. The first kappa shape index (κ1) is 20.3. The number of likely N-dealkylation sites (tertiary alicyclic amines) is 2. The van der Waals surface area contributed by atoms with Gasteiger partial charge in [0.05, 0.1) is 5.92 Å². The van der Waals surface area contributed by atoms with E-state index in [0.29, 0.717) is 24.4 Å². The lowest BCUT2D eigenvalue weighted by atomic mass is 9.93. The van der Waals surface area contributed by atoms with Crippen LogP contribution in [0.25, 0.3) is 0 Å². The molecule has 1 atom stereocenters. The van der Waals surface area contributed by atoms with Gasteiger partial charge in [0.25, 0.3) is 0 Å². The fourth-order valence-electron chi connectivity index (χ4n) is 4.82. The average Bonchev–Trinajstić information content (AvgIpc) is 3.60. The fourth-order valence-corrected chi connectivity index (χ4v) is 4.82. The summed E-state index contributed by atoms with van der Waals surface area (Å²) in [5.41, 5.74) is 2.24. The SMILES string of the molecule is Cc1cccnc1CCNC(=O)[C@H]1CCCN(C2CCN(C(=O)C3CC3)CC2)C1. The number of nitrogens with one attached hydrogen (secondary N) is 1. The van der Waals surface area contributed by atoms with Crippen LogP contribution in [-0.4, -0.2) is 65.4 Å². The number of carbonyl (C=O) groups is 2. The van der Waals surface area contributed by atoms with Crippen LogP contribution in [0.1, 0.15) is 49.8 Å². The molecule has 3 aliphatic rings. The van der Waals surface area contributed by atoms with E-state index in [4.69, 9.17) is 0 Å². The first-order valence-corrected chi connectivity index (χ1v) is 11.3. The van der Waals surface area contributed by atoms with Crippen molar-refractivity contribution in [2.24, 2.45) is 11.8 Å². The van der Waals surface area contributed by atoms with Gasteiger partial charge in [0.15, 0.2) is 0 Å². The Morgan fingerprint density at radius 2 is 1.90 bits per heavy atom. The van der Waals surface area contributed by atoms with E-state index < -0.39 is 0 Å². The zero-order chi connectivity index (χ0) is 20.2. The summed E-state index contributed by atoms with van der Waals surface area (Å²) < 4.78 is 0. The van der Waals surface area contributed by atoms with Crippen molar-refractivity contribution in [1.29, 1.82) is 0 Å². The van der Waals surface area contributed by atoms with Crippen LogP contribution in [0.3, 0.4) is 0 Å². The van der Waals surface area contributed by atoms with Gasteiger partial charge in [0, 0.05) is 56.5 Å². The van der Waals surface area contributed by atoms with Crippen molar-refractivity contribution < 1.29 is 9.59 Å². The molecule has 3 fully saturated rings. The highest BCUT2D eigenvalue weighted by molar-refractivity contribution is 5.81. The highest BCUT2D eigenvalue weighted by atomic mass is 16.2. The minimum absolute atomic E-state index is 0.0831. The molecule has 6 heteroatoms. The molecule has 0 radical (unpaired) electrons. The fraction of sp³-hybridized carbons (Fsp3) is 0.696. The molecule has 6 nitrogen and oxygen atoms in total. The van der Waals surface area contributed by atoms with Gasteiger partial charge < -0.3 is 10.2 Å². The number of rotatable bonds is 6. The van der Waals surface area contributed by atoms with Crippen LogP contribution < -0.4 is 5.32 Å². The van der Waals surface area contributed by atoms with Crippen LogP contribution in [-0.2, 0) is 16.0 Å². The van der Waals surface area contributed by atoms with Crippen LogP contribution >= 0.6 is 0 Å². The van der Waals surface area contributed by atoms with Gasteiger partial charge in [-0.05, 0) is 63.6 Å². The summed E-state index contributed by atoms with van der Waals surface area (Å²) in [6.45, 7) is 6.42. The molecule has 3 heterocycles. The number of nitrogens with zero attached hydrogens (tertiary/aromatic N) is 3. The van der Waals surface area contributed by atoms with Crippen molar-refractivity contribution in [3.05, 3.63) is 29.6 Å². The molecule has 2 saturated heterocycles. The lowest BCUT2D eigenvalue weighted by Crippen LogP contribution is -2.51. The summed E-state index contributed by atoms with van der Waals surface area (Å²) in [5.74, 6) is 0.969. The third kappa shape index (κ3) is 5.16. The first-order valence-electron chi connectivity index (χ1n) is 11.3. The largest absolute Gasteiger partial charge is 0.355 e. The molecule has 0 bridgehead atoms. The molecule has 1 saturated carbocycles. The number of hydrogen-bond acceptors (Lipinski definition) is 4. The van der Waals surface area contributed by atoms with Crippen LogP contribution in [0.2, 0.25) is 0 Å². The predicted octanol–water partition coefficient (Wildman–Crippen LogP) is 2.16. The predicted molar refractivity (Wildman–Crippen MR) is 112 cm³/mol. The molecule has 29 heavy (non-hydrogen) atoms. The van der Waals surface area contributed by atoms with Crippen molar-refractivity contribution >= 4 is 11.8 Å². The minimum atomic E-state index is 0.0831. The summed E-state index contributed by atoms with van der Waals surface area (Å²) in [6, 6.07) is 4.53. The summed E-state index contributed by atoms with van der Waals surface area (Å²) in [7, 11) is 0. The number of amides is 2. The quantitative estimate of drug-likeness (QED) is 0.798. The molecular formula is C23H34N4O2. The highest BCUT2D eigenvalue weighted by Gasteiger charge is 2.37. The number of hydrogen-bond donors (Lipinski definition) is 1. The Hall–Kier alpha value is -1.95. The molecule has 1 aliphatic carbocycles. The van der Waals surface area contributed by atoms with Gasteiger partial charge >= 0.3 is 0 Å². The normalized spacial score (nSPS) is 23.8. The van der Waals surface area contributed by atoms with Gasteiger partial charge in [-0.25, -0.2) is 0 Å². The van der Waals surface area contributed by atoms with Gasteiger partial charge in [-0.2, -0.15) is 0 Å². The van der Waals surface area contributed by atoms with Gasteiger partial charge in [0.2, 0.25) is 11.8 Å². The molecule has 158 valence electrons. The van der Waals surface area contributed by atoms with Crippen LogP contribution in [0.4, 0.5) is 0 Å². The Kier molecular flexibility index (Phi) is 6.48. The zero-order valence-electron chi connectivity index (χ0n) is 17.6. The molecule has 2 amide bonds. The Labute approximate surface area is 174 Å². The van der Waals surface area contributed by atoms with E-state index >= 15 is 0 Å². The summed E-state index contributed by atoms with van der Waals surface area (Å²) in [4.78, 5) is 34.0. The summed E-state index contributed by atoms with van der Waals surface area (Å²) in [6.07, 6.45) is 8.91. The van der Waals surface area contributed by atoms with E-state index in [-0.39, 0.29) is 11.8 Å². The number of aryl methyl sites for hydroxylation is 1. The summed E-state index contributed by atoms with van der Waals surface area (Å²) in [5, 5.41) is 3.13. The Morgan fingerprint density at radius 1 is 1.10 bits per heavy atom. The minimum Gasteiger partial charge on any atom is -0.355 e. The number of aromatic nitrogens is 1. The monoisotopic (exact) mass is 398 g/mol. The lowest BCUT2D eigenvalue weighted by Gasteiger charge is -2.42. The molecule has 4 rings (SSSR count). The van der Waals surface area contributed by atoms with Gasteiger partial charge in [-0.15, -0.1) is 0 Å². The van der Waals surface area contributed by atoms with Crippen molar-refractivity contribution in [2.45, 2.75) is 57.9 Å². The maximum absolute atomic E-state index is 12.7. The van der Waals surface area contributed by atoms with E-state index in [2.05, 4.69) is 33.1 Å². The molecule has 0 aromatic carbocycles. The lowest BCUT2D eigenvalue weighted by molar-refractivity contribution is -0.134. The third-order valence-electron chi connectivity index (χ3n) is 6.82. The van der Waals surface area contributed by atoms with Gasteiger partial charge in [-0.3, -0.25) is 19.5 Å². The standard InChI is InChI=1S/C23H34N4O2/c1-17-4-2-11-24-21(17)8-12-25-22(28)19-5-3-13-27(16-19)20-9-14-26(15-10-20)23(29)18-6-7-18/h2,4,11,18-20H,3,5-10,12-16H2,1H3,(H,25,28)/t19-/m0/s1. The van der Waals surface area contributed by atoms with E-state index in [0.717, 1.165) is 76.8 Å². The molecule has 0 unspecified atom stereocenters. The van der Waals surface area contributed by atoms with Crippen LogP contribution in [0.15, 0.2) is 18.3 Å². The number of piperidine rings is 2. The van der Waals surface area contributed by atoms with Crippen molar-refractivity contribution in [1.82, 2.24) is 20.1 Å². The second-order valence-corrected chi connectivity index (χ2v) is 8.97.